The summed E-state index contributed by atoms with van der Waals surface area (Å²) in [6, 6.07) is 0. The molecule has 122 valence electrons. The van der Waals surface area contributed by atoms with Crippen LogP contribution in [0.1, 0.15) is 31.0 Å². The van der Waals surface area contributed by atoms with Crippen molar-refractivity contribution < 1.29 is 13.2 Å². The molecule has 0 fully saturated rings. The first-order valence-corrected chi connectivity index (χ1v) is 6.42. The van der Waals surface area contributed by atoms with Crippen LogP contribution in [0.4, 0.5) is 13.2 Å². The number of nitrogens with zero attached hydrogens (tertiary/aromatic N) is 3. The molecule has 0 atom stereocenters. The molecule has 1 heterocycles. The number of rotatable bonds is 5. The Balaban J connectivity index is 0.00000400. The van der Waals surface area contributed by atoms with Crippen LogP contribution in [0.5, 0.6) is 0 Å². The van der Waals surface area contributed by atoms with E-state index in [0.717, 1.165) is 24.1 Å². The molecule has 0 aliphatic heterocycles. The van der Waals surface area contributed by atoms with Crippen LogP contribution in [0.15, 0.2) is 11.2 Å². The first kappa shape index (κ1) is 20.0. The third-order valence-electron chi connectivity index (χ3n) is 2.67. The lowest BCUT2D eigenvalue weighted by Crippen LogP contribution is -2.37. The van der Waals surface area contributed by atoms with Crippen molar-refractivity contribution >= 4 is 29.9 Å². The quantitative estimate of drug-likeness (QED) is 0.334. The SMILES string of the molecule is CCCCNC(=NC)NCc1cn(C)nc1C(F)(F)F.I. The van der Waals surface area contributed by atoms with Crippen LogP contribution in [0.2, 0.25) is 0 Å². The van der Waals surface area contributed by atoms with E-state index in [4.69, 9.17) is 0 Å². The molecular formula is C12H21F3IN5. The average molecular weight is 419 g/mol. The molecule has 0 unspecified atom stereocenters. The maximum absolute atomic E-state index is 12.8. The number of alkyl halides is 3. The average Bonchev–Trinajstić information content (AvgIpc) is 2.75. The van der Waals surface area contributed by atoms with Gasteiger partial charge in [0.05, 0.1) is 0 Å². The summed E-state index contributed by atoms with van der Waals surface area (Å²) in [7, 11) is 3.04. The van der Waals surface area contributed by atoms with Gasteiger partial charge in [-0.05, 0) is 6.42 Å². The fraction of sp³-hybridized carbons (Fsp3) is 0.667. The fourth-order valence-corrected chi connectivity index (χ4v) is 1.69. The standard InChI is InChI=1S/C12H20F3N5.HI/c1-4-5-6-17-11(16-2)18-7-9-8-20(3)19-10(9)12(13,14)15;/h8H,4-7H2,1-3H3,(H2,16,17,18);1H. The summed E-state index contributed by atoms with van der Waals surface area (Å²) in [5, 5.41) is 9.34. The number of halogens is 4. The van der Waals surface area contributed by atoms with Gasteiger partial charge >= 0.3 is 6.18 Å². The Labute approximate surface area is 139 Å². The minimum Gasteiger partial charge on any atom is -0.356 e. The lowest BCUT2D eigenvalue weighted by Gasteiger charge is -2.12. The van der Waals surface area contributed by atoms with Crippen LogP contribution >= 0.6 is 24.0 Å². The molecule has 5 nitrogen and oxygen atoms in total. The van der Waals surface area contributed by atoms with Crippen LogP contribution in [0, 0.1) is 0 Å². The molecule has 0 spiro atoms. The Morgan fingerprint density at radius 2 is 2.05 bits per heavy atom. The molecule has 2 N–H and O–H groups in total. The van der Waals surface area contributed by atoms with Crippen molar-refractivity contribution in [1.29, 1.82) is 0 Å². The zero-order chi connectivity index (χ0) is 15.2. The second kappa shape index (κ2) is 9.11. The molecule has 1 aromatic heterocycles. The van der Waals surface area contributed by atoms with Crippen LogP contribution in [0.3, 0.4) is 0 Å². The topological polar surface area (TPSA) is 54.2 Å². The van der Waals surface area contributed by atoms with Crippen LogP contribution in [-0.2, 0) is 19.8 Å². The summed E-state index contributed by atoms with van der Waals surface area (Å²) in [6.07, 6.45) is -1.08. The van der Waals surface area contributed by atoms with E-state index in [2.05, 4.69) is 27.6 Å². The summed E-state index contributed by atoms with van der Waals surface area (Å²) < 4.78 is 39.5. The second-order valence-electron chi connectivity index (χ2n) is 4.38. The molecule has 0 bridgehead atoms. The zero-order valence-corrected chi connectivity index (χ0v) is 14.6. The highest BCUT2D eigenvalue weighted by atomic mass is 127. The van der Waals surface area contributed by atoms with Crippen molar-refractivity contribution in [2.45, 2.75) is 32.5 Å². The molecule has 0 radical (unpaired) electrons. The Morgan fingerprint density at radius 3 is 2.57 bits per heavy atom. The van der Waals surface area contributed by atoms with Crippen molar-refractivity contribution in [3.63, 3.8) is 0 Å². The molecule has 0 aliphatic carbocycles. The number of aliphatic imine (C=N–C) groups is 1. The zero-order valence-electron chi connectivity index (χ0n) is 12.3. The third-order valence-corrected chi connectivity index (χ3v) is 2.67. The van der Waals surface area contributed by atoms with Gasteiger partial charge in [0.15, 0.2) is 11.7 Å². The summed E-state index contributed by atoms with van der Waals surface area (Å²) in [5.41, 5.74) is -0.769. The van der Waals surface area contributed by atoms with E-state index < -0.39 is 11.9 Å². The number of unbranched alkanes of at least 4 members (excludes halogenated alkanes) is 1. The summed E-state index contributed by atoms with van der Waals surface area (Å²) >= 11 is 0. The van der Waals surface area contributed by atoms with Crippen molar-refractivity contribution in [2.24, 2.45) is 12.0 Å². The monoisotopic (exact) mass is 419 g/mol. The lowest BCUT2D eigenvalue weighted by atomic mass is 10.2. The summed E-state index contributed by atoms with van der Waals surface area (Å²) in [5.74, 6) is 0.482. The molecule has 0 saturated heterocycles. The van der Waals surface area contributed by atoms with Gasteiger partial charge < -0.3 is 10.6 Å². The van der Waals surface area contributed by atoms with Gasteiger partial charge in [-0.3, -0.25) is 9.67 Å². The van der Waals surface area contributed by atoms with Crippen LogP contribution < -0.4 is 10.6 Å². The van der Waals surface area contributed by atoms with Gasteiger partial charge in [0, 0.05) is 38.9 Å². The highest BCUT2D eigenvalue weighted by Gasteiger charge is 2.36. The minimum atomic E-state index is -4.45. The van der Waals surface area contributed by atoms with E-state index in [1.165, 1.54) is 13.2 Å². The van der Waals surface area contributed by atoms with E-state index in [1.807, 2.05) is 0 Å². The number of guanidine groups is 1. The van der Waals surface area contributed by atoms with Crippen molar-refractivity contribution in [3.8, 4) is 0 Å². The normalized spacial score (nSPS) is 12.0. The lowest BCUT2D eigenvalue weighted by molar-refractivity contribution is -0.142. The number of aromatic nitrogens is 2. The Morgan fingerprint density at radius 1 is 1.38 bits per heavy atom. The number of hydrogen-bond donors (Lipinski definition) is 2. The Bertz CT molecular complexity index is 456. The van der Waals surface area contributed by atoms with Gasteiger partial charge in [-0.2, -0.15) is 18.3 Å². The predicted molar refractivity (Wildman–Crippen MR) is 86.7 cm³/mol. The Hall–Kier alpha value is -1.00. The number of hydrogen-bond acceptors (Lipinski definition) is 2. The molecule has 1 aromatic rings. The maximum Gasteiger partial charge on any atom is 0.435 e. The highest BCUT2D eigenvalue weighted by Crippen LogP contribution is 2.30. The predicted octanol–water partition coefficient (Wildman–Crippen LogP) is 2.52. The van der Waals surface area contributed by atoms with Gasteiger partial charge in [-0.1, -0.05) is 13.3 Å². The molecule has 0 saturated carbocycles. The third kappa shape index (κ3) is 6.53. The smallest absolute Gasteiger partial charge is 0.356 e. The molecule has 21 heavy (non-hydrogen) atoms. The summed E-state index contributed by atoms with van der Waals surface area (Å²) in [4.78, 5) is 3.96. The van der Waals surface area contributed by atoms with E-state index >= 15 is 0 Å². The number of aryl methyl sites for hydroxylation is 1. The second-order valence-corrected chi connectivity index (χ2v) is 4.38. The fourth-order valence-electron chi connectivity index (χ4n) is 1.69. The molecule has 1 rings (SSSR count). The van der Waals surface area contributed by atoms with Crippen LogP contribution in [0.25, 0.3) is 0 Å². The van der Waals surface area contributed by atoms with Crippen molar-refractivity contribution in [1.82, 2.24) is 20.4 Å². The molecule has 0 amide bonds. The first-order valence-electron chi connectivity index (χ1n) is 6.42. The van der Waals surface area contributed by atoms with Crippen molar-refractivity contribution in [3.05, 3.63) is 17.5 Å². The largest absolute Gasteiger partial charge is 0.435 e. The molecule has 9 heteroatoms. The number of nitrogens with one attached hydrogen (secondary N) is 2. The molecule has 0 aliphatic rings. The maximum atomic E-state index is 12.8. The van der Waals surface area contributed by atoms with Gasteiger partial charge in [-0.25, -0.2) is 0 Å². The van der Waals surface area contributed by atoms with E-state index in [0.29, 0.717) is 5.96 Å². The van der Waals surface area contributed by atoms with Gasteiger partial charge in [0.2, 0.25) is 0 Å². The highest BCUT2D eigenvalue weighted by molar-refractivity contribution is 14.0. The molecular weight excluding hydrogens is 398 g/mol. The van der Waals surface area contributed by atoms with Gasteiger partial charge in [0.25, 0.3) is 0 Å². The summed E-state index contributed by atoms with van der Waals surface area (Å²) in [6.45, 7) is 2.81. The Kier molecular flexibility index (Phi) is 8.67. The molecule has 0 aromatic carbocycles. The van der Waals surface area contributed by atoms with E-state index in [1.54, 1.807) is 7.05 Å². The van der Waals surface area contributed by atoms with Crippen molar-refractivity contribution in [2.75, 3.05) is 13.6 Å². The van der Waals surface area contributed by atoms with Gasteiger partial charge in [-0.15, -0.1) is 24.0 Å². The minimum absolute atomic E-state index is 0. The van der Waals surface area contributed by atoms with E-state index in [-0.39, 0.29) is 36.1 Å². The first-order chi connectivity index (χ1) is 9.38. The van der Waals surface area contributed by atoms with Crippen LogP contribution in [-0.4, -0.2) is 29.3 Å². The van der Waals surface area contributed by atoms with Gasteiger partial charge in [0.1, 0.15) is 0 Å². The van der Waals surface area contributed by atoms with E-state index in [9.17, 15) is 13.2 Å².